The van der Waals surface area contributed by atoms with Crippen LogP contribution >= 0.6 is 0 Å². The number of nitrogens with one attached hydrogen (secondary N) is 1. The lowest BCUT2D eigenvalue weighted by Crippen LogP contribution is -2.42. The van der Waals surface area contributed by atoms with Gasteiger partial charge < -0.3 is 19.9 Å². The van der Waals surface area contributed by atoms with Gasteiger partial charge >= 0.3 is 12.4 Å². The molecule has 1 heterocycles. The summed E-state index contributed by atoms with van der Waals surface area (Å²) in [7, 11) is 1.79. The third-order valence-corrected chi connectivity index (χ3v) is 7.64. The average Bonchev–Trinajstić information content (AvgIpc) is 3.10. The zero-order valence-corrected chi connectivity index (χ0v) is 23.6. The van der Waals surface area contributed by atoms with Crippen molar-refractivity contribution in [1.82, 2.24) is 10.2 Å². The molecule has 2 aliphatic rings. The van der Waals surface area contributed by atoms with Gasteiger partial charge in [-0.15, -0.1) is 0 Å². The third-order valence-electron chi connectivity index (χ3n) is 7.64. The quantitative estimate of drug-likeness (QED) is 0.114. The van der Waals surface area contributed by atoms with E-state index in [1.807, 2.05) is 4.90 Å². The standard InChI is InChI=1S/C28H36F6N4O4/c1-26(38(40)41)14-11-22(9-10-24(26)28(32,33)34)42-23-12-17-37(18-13-23)25(39)4-3-15-35-16-19-36(2)21-7-5-20(6-8-21)27(29,30)31/h5-8,10-11,23,35H,3-4,9,12-19H2,1-2H3. The lowest BCUT2D eigenvalue weighted by Gasteiger charge is -2.32. The van der Waals surface area contributed by atoms with Crippen LogP contribution < -0.4 is 10.2 Å². The summed E-state index contributed by atoms with van der Waals surface area (Å²) in [6.07, 6.45) is -5.97. The zero-order valence-electron chi connectivity index (χ0n) is 23.6. The highest BCUT2D eigenvalue weighted by Gasteiger charge is 2.54. The molecule has 1 unspecified atom stereocenters. The van der Waals surface area contributed by atoms with E-state index < -0.39 is 40.4 Å². The zero-order chi connectivity index (χ0) is 31.1. The fourth-order valence-electron chi connectivity index (χ4n) is 4.98. The molecule has 1 fully saturated rings. The number of anilines is 1. The van der Waals surface area contributed by atoms with E-state index in [-0.39, 0.29) is 24.2 Å². The van der Waals surface area contributed by atoms with Crippen LogP contribution in [-0.2, 0) is 15.7 Å². The molecular formula is C28H36F6N4O4. The number of amides is 1. The molecule has 1 amide bonds. The third kappa shape index (κ3) is 8.85. The molecule has 1 aliphatic carbocycles. The van der Waals surface area contributed by atoms with E-state index in [0.29, 0.717) is 64.1 Å². The number of allylic oxidation sites excluding steroid dienone is 1. The summed E-state index contributed by atoms with van der Waals surface area (Å²) in [5.74, 6) is 0.257. The maximum Gasteiger partial charge on any atom is 0.419 e. The van der Waals surface area contributed by atoms with Crippen molar-refractivity contribution in [3.63, 3.8) is 0 Å². The fourth-order valence-corrected chi connectivity index (χ4v) is 4.98. The number of likely N-dealkylation sites (tertiary alicyclic amines) is 1. The largest absolute Gasteiger partial charge is 0.495 e. The van der Waals surface area contributed by atoms with Gasteiger partial charge in [-0.3, -0.25) is 14.9 Å². The maximum atomic E-state index is 13.5. The molecule has 1 atom stereocenters. The maximum absolute atomic E-state index is 13.5. The Morgan fingerprint density at radius 1 is 1.10 bits per heavy atom. The van der Waals surface area contributed by atoms with Gasteiger partial charge in [-0.05, 0) is 43.3 Å². The number of nitrogens with zero attached hydrogens (tertiary/aromatic N) is 3. The summed E-state index contributed by atoms with van der Waals surface area (Å²) < 4.78 is 84.4. The number of benzene rings is 1. The summed E-state index contributed by atoms with van der Waals surface area (Å²) in [5.41, 5.74) is -3.49. The molecule has 1 aliphatic heterocycles. The Morgan fingerprint density at radius 2 is 1.74 bits per heavy atom. The van der Waals surface area contributed by atoms with Crippen LogP contribution in [0.5, 0.6) is 0 Å². The summed E-state index contributed by atoms with van der Waals surface area (Å²) >= 11 is 0. The predicted octanol–water partition coefficient (Wildman–Crippen LogP) is 5.72. The second-order valence-corrected chi connectivity index (χ2v) is 10.7. The molecule has 0 spiro atoms. The molecule has 3 rings (SSSR count). The minimum atomic E-state index is -4.82. The van der Waals surface area contributed by atoms with E-state index >= 15 is 0 Å². The van der Waals surface area contributed by atoms with Crippen LogP contribution in [0.1, 0.15) is 51.0 Å². The molecule has 0 bridgehead atoms. The normalized spacial score (nSPS) is 20.4. The smallest absolute Gasteiger partial charge is 0.419 e. The number of likely N-dealkylation sites (N-methyl/N-ethyl adjacent to an activating group) is 1. The number of rotatable bonds is 11. The number of carbonyl (C=O) groups is 1. The van der Waals surface area contributed by atoms with Gasteiger partial charge in [0.05, 0.1) is 11.3 Å². The molecule has 1 saturated heterocycles. The lowest BCUT2D eigenvalue weighted by molar-refractivity contribution is -0.556. The minimum Gasteiger partial charge on any atom is -0.495 e. The van der Waals surface area contributed by atoms with Crippen molar-refractivity contribution in [3.05, 3.63) is 63.4 Å². The van der Waals surface area contributed by atoms with Crippen molar-refractivity contribution in [2.45, 2.75) is 69.4 Å². The molecule has 42 heavy (non-hydrogen) atoms. The number of alkyl halides is 6. The van der Waals surface area contributed by atoms with E-state index in [0.717, 1.165) is 25.1 Å². The first-order valence-corrected chi connectivity index (χ1v) is 13.8. The van der Waals surface area contributed by atoms with Crippen molar-refractivity contribution in [3.8, 4) is 0 Å². The first-order valence-electron chi connectivity index (χ1n) is 13.8. The Labute approximate surface area is 240 Å². The van der Waals surface area contributed by atoms with Gasteiger partial charge in [-0.2, -0.15) is 26.3 Å². The minimum absolute atomic E-state index is 0.00898. The van der Waals surface area contributed by atoms with Crippen LogP contribution in [0.15, 0.2) is 47.7 Å². The molecule has 0 radical (unpaired) electrons. The predicted molar refractivity (Wildman–Crippen MR) is 144 cm³/mol. The van der Waals surface area contributed by atoms with Crippen LogP contribution in [0, 0.1) is 10.1 Å². The second-order valence-electron chi connectivity index (χ2n) is 10.7. The number of piperidine rings is 1. The highest BCUT2D eigenvalue weighted by atomic mass is 19.4. The van der Waals surface area contributed by atoms with E-state index in [9.17, 15) is 41.3 Å². The second kappa shape index (κ2) is 13.8. The van der Waals surface area contributed by atoms with E-state index in [1.54, 1.807) is 11.9 Å². The number of nitro groups is 1. The Morgan fingerprint density at radius 3 is 2.31 bits per heavy atom. The van der Waals surface area contributed by atoms with Gasteiger partial charge in [0.15, 0.2) is 0 Å². The van der Waals surface area contributed by atoms with Crippen LogP contribution in [0.2, 0.25) is 0 Å². The van der Waals surface area contributed by atoms with Crippen LogP contribution in [0.3, 0.4) is 0 Å². The summed E-state index contributed by atoms with van der Waals surface area (Å²) in [5, 5.41) is 14.7. The van der Waals surface area contributed by atoms with Gasteiger partial charge in [0.2, 0.25) is 5.91 Å². The number of hydrogen-bond donors (Lipinski definition) is 1. The number of ether oxygens (including phenoxy) is 1. The van der Waals surface area contributed by atoms with E-state index in [2.05, 4.69) is 5.32 Å². The summed E-state index contributed by atoms with van der Waals surface area (Å²) in [6, 6.07) is 4.95. The van der Waals surface area contributed by atoms with Crippen LogP contribution in [0.25, 0.3) is 0 Å². The van der Waals surface area contributed by atoms with Gasteiger partial charge in [0.1, 0.15) is 11.7 Å². The molecule has 8 nitrogen and oxygen atoms in total. The highest BCUT2D eigenvalue weighted by Crippen LogP contribution is 2.41. The first-order chi connectivity index (χ1) is 19.6. The molecule has 0 saturated carbocycles. The van der Waals surface area contributed by atoms with Crippen molar-refractivity contribution in [2.24, 2.45) is 0 Å². The Kier molecular flexibility index (Phi) is 10.9. The summed E-state index contributed by atoms with van der Waals surface area (Å²) in [6.45, 7) is 3.60. The topological polar surface area (TPSA) is 88.0 Å². The SMILES string of the molecule is CN(CCNCCCC(=O)N1CCC(OC2=CCC(C)([N+](=O)[O-])C(C(F)(F)F)=CC2)CC1)c1ccc(C(F)(F)F)cc1. The molecular weight excluding hydrogens is 570 g/mol. The number of carbonyl (C=O) groups excluding carboxylic acids is 1. The fraction of sp³-hybridized carbons (Fsp3) is 0.607. The van der Waals surface area contributed by atoms with Gasteiger partial charge in [0.25, 0.3) is 5.54 Å². The van der Waals surface area contributed by atoms with Gasteiger partial charge in [-0.25, -0.2) is 0 Å². The lowest BCUT2D eigenvalue weighted by atomic mass is 9.89. The van der Waals surface area contributed by atoms with Crippen molar-refractivity contribution >= 4 is 11.6 Å². The van der Waals surface area contributed by atoms with E-state index in [1.165, 1.54) is 18.2 Å². The van der Waals surface area contributed by atoms with Crippen molar-refractivity contribution in [1.29, 1.82) is 0 Å². The number of hydrogen-bond acceptors (Lipinski definition) is 6. The average molecular weight is 607 g/mol. The molecule has 14 heteroatoms. The van der Waals surface area contributed by atoms with Crippen LogP contribution in [-0.4, -0.2) is 73.3 Å². The van der Waals surface area contributed by atoms with Gasteiger partial charge in [0, 0.05) is 82.9 Å². The monoisotopic (exact) mass is 606 g/mol. The molecule has 1 aromatic rings. The Balaban J connectivity index is 1.34. The molecule has 234 valence electrons. The Bertz CT molecular complexity index is 1140. The van der Waals surface area contributed by atoms with Gasteiger partial charge in [-0.1, -0.05) is 6.08 Å². The van der Waals surface area contributed by atoms with Crippen molar-refractivity contribution < 1.29 is 40.8 Å². The van der Waals surface area contributed by atoms with Crippen LogP contribution in [0.4, 0.5) is 32.0 Å². The molecule has 0 aromatic heterocycles. The number of halogens is 6. The Hall–Kier alpha value is -3.29. The molecule has 1 N–H and O–H groups in total. The van der Waals surface area contributed by atoms with E-state index in [4.69, 9.17) is 4.74 Å². The molecule has 1 aromatic carbocycles. The highest BCUT2D eigenvalue weighted by molar-refractivity contribution is 5.76. The summed E-state index contributed by atoms with van der Waals surface area (Å²) in [4.78, 5) is 26.7. The van der Waals surface area contributed by atoms with Crippen molar-refractivity contribution in [2.75, 3.05) is 44.7 Å². The first kappa shape index (κ1) is 33.2.